The Balaban J connectivity index is 1.54. The quantitative estimate of drug-likeness (QED) is 0.726. The molecule has 0 radical (unpaired) electrons. The van der Waals surface area contributed by atoms with Crippen molar-refractivity contribution in [2.24, 2.45) is 5.92 Å². The molecule has 1 amide bonds. The van der Waals surface area contributed by atoms with Crippen LogP contribution < -0.4 is 5.32 Å². The van der Waals surface area contributed by atoms with Crippen molar-refractivity contribution in [3.8, 4) is 0 Å². The summed E-state index contributed by atoms with van der Waals surface area (Å²) in [5.74, 6) is 0.000280. The molecule has 1 aliphatic heterocycles. The number of benzene rings is 1. The lowest BCUT2D eigenvalue weighted by Gasteiger charge is -2.10. The smallest absolute Gasteiger partial charge is 0.277 e. The van der Waals surface area contributed by atoms with Gasteiger partial charge >= 0.3 is 0 Å². The van der Waals surface area contributed by atoms with E-state index in [1.165, 1.54) is 6.07 Å². The predicted molar refractivity (Wildman–Crippen MR) is 99.8 cm³/mol. The first-order valence-corrected chi connectivity index (χ1v) is 11.2. The number of hydrogen-bond donors (Lipinski definition) is 1. The average molecular weight is 413 g/mol. The van der Waals surface area contributed by atoms with E-state index in [9.17, 15) is 17.6 Å². The molecule has 1 saturated heterocycles. The third-order valence-electron chi connectivity index (χ3n) is 4.32. The molecule has 1 aliphatic rings. The van der Waals surface area contributed by atoms with Crippen molar-refractivity contribution in [2.75, 3.05) is 16.8 Å². The molecular formula is C17H20FN3O4S2. The van der Waals surface area contributed by atoms with Gasteiger partial charge in [-0.25, -0.2) is 12.8 Å². The van der Waals surface area contributed by atoms with Crippen LogP contribution >= 0.6 is 11.8 Å². The fourth-order valence-corrected chi connectivity index (χ4v) is 5.33. The number of thioether (sulfide) groups is 1. The van der Waals surface area contributed by atoms with Gasteiger partial charge in [-0.2, -0.15) is 0 Å². The van der Waals surface area contributed by atoms with Crippen molar-refractivity contribution in [3.63, 3.8) is 0 Å². The van der Waals surface area contributed by atoms with Crippen molar-refractivity contribution in [1.29, 1.82) is 0 Å². The summed E-state index contributed by atoms with van der Waals surface area (Å²) >= 11 is 1.09. The number of nitrogens with one attached hydrogen (secondary N) is 1. The lowest BCUT2D eigenvalue weighted by Crippen LogP contribution is -2.22. The van der Waals surface area contributed by atoms with Crippen molar-refractivity contribution in [1.82, 2.24) is 10.2 Å². The van der Waals surface area contributed by atoms with E-state index in [-0.39, 0.29) is 34.4 Å². The number of carbonyl (C=O) groups is 1. The van der Waals surface area contributed by atoms with Crippen LogP contribution in [0.2, 0.25) is 0 Å². The number of nitrogens with zero attached hydrogens (tertiary/aromatic N) is 2. The molecule has 0 bridgehead atoms. The summed E-state index contributed by atoms with van der Waals surface area (Å²) in [6.45, 7) is 3.32. The Morgan fingerprint density at radius 3 is 2.89 bits per heavy atom. The van der Waals surface area contributed by atoms with Crippen LogP contribution in [0.5, 0.6) is 0 Å². The molecule has 2 aromatic rings. The van der Waals surface area contributed by atoms with E-state index in [1.54, 1.807) is 26.0 Å². The van der Waals surface area contributed by atoms with Gasteiger partial charge in [0.05, 0.1) is 16.8 Å². The summed E-state index contributed by atoms with van der Waals surface area (Å²) in [7, 11) is -2.95. The number of anilines is 1. The average Bonchev–Trinajstić information content (AvgIpc) is 3.17. The molecule has 2 atom stereocenters. The van der Waals surface area contributed by atoms with E-state index in [0.717, 1.165) is 11.8 Å². The summed E-state index contributed by atoms with van der Waals surface area (Å²) in [6, 6.07) is 4.50. The minimum atomic E-state index is -2.95. The van der Waals surface area contributed by atoms with Crippen molar-refractivity contribution >= 4 is 33.2 Å². The molecular weight excluding hydrogens is 393 g/mol. The van der Waals surface area contributed by atoms with Crippen LogP contribution in [0.1, 0.15) is 24.8 Å². The van der Waals surface area contributed by atoms with E-state index in [4.69, 9.17) is 4.42 Å². The summed E-state index contributed by atoms with van der Waals surface area (Å²) < 4.78 is 42.1. The first kappa shape index (κ1) is 19.8. The molecule has 3 rings (SSSR count). The number of aryl methyl sites for hydroxylation is 1. The first-order chi connectivity index (χ1) is 12.7. The number of amides is 1. The monoisotopic (exact) mass is 413 g/mol. The predicted octanol–water partition coefficient (Wildman–Crippen LogP) is 2.61. The third-order valence-corrected chi connectivity index (χ3v) is 7.10. The Morgan fingerprint density at radius 2 is 2.22 bits per heavy atom. The molecule has 0 unspecified atom stereocenters. The van der Waals surface area contributed by atoms with Crippen molar-refractivity contribution in [2.45, 2.75) is 37.2 Å². The zero-order valence-corrected chi connectivity index (χ0v) is 16.6. The summed E-state index contributed by atoms with van der Waals surface area (Å²) in [5.41, 5.74) is 0.882. The minimum Gasteiger partial charge on any atom is -0.416 e. The number of carbonyl (C=O) groups excluding carboxylic acids is 1. The largest absolute Gasteiger partial charge is 0.416 e. The van der Waals surface area contributed by atoms with Gasteiger partial charge in [-0.15, -0.1) is 10.2 Å². The van der Waals surface area contributed by atoms with Gasteiger partial charge in [-0.1, -0.05) is 17.8 Å². The van der Waals surface area contributed by atoms with E-state index in [0.29, 0.717) is 30.0 Å². The fraction of sp³-hybridized carbons (Fsp3) is 0.471. The highest BCUT2D eigenvalue weighted by Gasteiger charge is 2.29. The molecule has 1 N–H and O–H groups in total. The molecule has 0 aliphatic carbocycles. The van der Waals surface area contributed by atoms with Gasteiger partial charge in [0.1, 0.15) is 5.82 Å². The van der Waals surface area contributed by atoms with Crippen LogP contribution in [0, 0.1) is 18.7 Å². The zero-order chi connectivity index (χ0) is 19.6. The number of sulfone groups is 1. The summed E-state index contributed by atoms with van der Waals surface area (Å²) in [6.07, 6.45) is 1.01. The van der Waals surface area contributed by atoms with Crippen LogP contribution in [-0.2, 0) is 21.1 Å². The van der Waals surface area contributed by atoms with Crippen LogP contribution in [0.25, 0.3) is 0 Å². The highest BCUT2D eigenvalue weighted by molar-refractivity contribution is 8.00. The molecule has 0 saturated carbocycles. The molecule has 146 valence electrons. The molecule has 0 spiro atoms. The molecule has 1 aromatic heterocycles. The second kappa shape index (κ2) is 7.97. The Morgan fingerprint density at radius 1 is 1.44 bits per heavy atom. The second-order valence-corrected chi connectivity index (χ2v) is 10.2. The molecule has 7 nitrogen and oxygen atoms in total. The minimum absolute atomic E-state index is 0.00884. The van der Waals surface area contributed by atoms with Gasteiger partial charge in [0, 0.05) is 12.1 Å². The summed E-state index contributed by atoms with van der Waals surface area (Å²) in [4.78, 5) is 12.3. The first-order valence-electron chi connectivity index (χ1n) is 8.48. The van der Waals surface area contributed by atoms with Crippen LogP contribution in [0.4, 0.5) is 10.1 Å². The van der Waals surface area contributed by atoms with E-state index >= 15 is 0 Å². The van der Waals surface area contributed by atoms with Gasteiger partial charge < -0.3 is 9.73 Å². The third kappa shape index (κ3) is 5.29. The maximum absolute atomic E-state index is 13.6. The Kier molecular flexibility index (Phi) is 5.85. The molecule has 1 fully saturated rings. The van der Waals surface area contributed by atoms with Gasteiger partial charge in [0.25, 0.3) is 5.22 Å². The normalized spacial score (nSPS) is 19.7. The van der Waals surface area contributed by atoms with Gasteiger partial charge in [0.15, 0.2) is 9.84 Å². The fourth-order valence-electron chi connectivity index (χ4n) is 2.77. The lowest BCUT2D eigenvalue weighted by atomic mass is 10.1. The SMILES string of the molecule is Cc1ccc(NC(=O)[C@H](C)Sc2nnc(C[C@@H]3CCS(=O)(=O)C3)o2)cc1F. The number of halogens is 1. The Hall–Kier alpha value is -1.94. The van der Waals surface area contributed by atoms with E-state index in [1.807, 2.05) is 0 Å². The second-order valence-electron chi connectivity index (χ2n) is 6.65. The Bertz CT molecular complexity index is 945. The number of rotatable bonds is 6. The van der Waals surface area contributed by atoms with Crippen molar-refractivity contribution < 1.29 is 22.0 Å². The number of aromatic nitrogens is 2. The van der Waals surface area contributed by atoms with Crippen molar-refractivity contribution in [3.05, 3.63) is 35.5 Å². The van der Waals surface area contributed by atoms with Crippen LogP contribution in [0.15, 0.2) is 27.8 Å². The standard InChI is InChI=1S/C17H20FN3O4S2/c1-10-3-4-13(8-14(10)18)19-16(22)11(2)26-17-21-20-15(25-17)7-12-5-6-27(23,24)9-12/h3-4,8,11-12H,5-7,9H2,1-2H3,(H,19,22)/t11-,12-/m0/s1. The molecule has 27 heavy (non-hydrogen) atoms. The van der Waals surface area contributed by atoms with Crippen LogP contribution in [-0.4, -0.2) is 41.3 Å². The summed E-state index contributed by atoms with van der Waals surface area (Å²) in [5, 5.41) is 10.2. The van der Waals surface area contributed by atoms with Gasteiger partial charge in [0.2, 0.25) is 11.8 Å². The topological polar surface area (TPSA) is 102 Å². The lowest BCUT2D eigenvalue weighted by molar-refractivity contribution is -0.115. The highest BCUT2D eigenvalue weighted by Crippen LogP contribution is 2.26. The van der Waals surface area contributed by atoms with Gasteiger partial charge in [-0.05, 0) is 43.9 Å². The highest BCUT2D eigenvalue weighted by atomic mass is 32.2. The molecule has 2 heterocycles. The van der Waals surface area contributed by atoms with Crippen LogP contribution in [0.3, 0.4) is 0 Å². The molecule has 1 aromatic carbocycles. The maximum Gasteiger partial charge on any atom is 0.277 e. The maximum atomic E-state index is 13.6. The van der Waals surface area contributed by atoms with E-state index < -0.39 is 15.1 Å². The molecule has 10 heteroatoms. The van der Waals surface area contributed by atoms with E-state index in [2.05, 4.69) is 15.5 Å². The number of hydrogen-bond acceptors (Lipinski definition) is 7. The zero-order valence-electron chi connectivity index (χ0n) is 14.9. The Labute approximate surface area is 161 Å². The van der Waals surface area contributed by atoms with Gasteiger partial charge in [-0.3, -0.25) is 4.79 Å².